The maximum Gasteiger partial charge on any atom is 0.408 e. The number of ether oxygens (including phenoxy) is 3. The van der Waals surface area contributed by atoms with Crippen LogP contribution in [0.25, 0.3) is 0 Å². The molecule has 9 heteroatoms. The Morgan fingerprint density at radius 2 is 1.55 bits per heavy atom. The molecule has 0 aliphatic heterocycles. The molecule has 0 spiro atoms. The Hall–Kier alpha value is -3.10. The SMILES string of the molecule is COC(=O)C[C@H](NC(=O)[C@@H](Cc1ccccc1)NC(=O)OC(C)(C)C)C(=O)OC. The number of amides is 2. The van der Waals surface area contributed by atoms with Crippen molar-refractivity contribution in [3.8, 4) is 0 Å². The molecule has 29 heavy (non-hydrogen) atoms. The standard InChI is InChI=1S/C20H28N2O7/c1-20(2,3)29-19(26)22-14(11-13-9-7-6-8-10-13)17(24)21-15(18(25)28-5)12-16(23)27-4/h6-10,14-15H,11-12H2,1-5H3,(H,21,24)(H,22,26)/t14-,15+/m1/s1. The lowest BCUT2D eigenvalue weighted by Crippen LogP contribution is -2.53. The largest absolute Gasteiger partial charge is 0.469 e. The number of esters is 2. The maximum absolute atomic E-state index is 12.8. The Kier molecular flexibility index (Phi) is 9.11. The molecule has 2 N–H and O–H groups in total. The molecular formula is C20H28N2O7. The first-order valence-electron chi connectivity index (χ1n) is 9.04. The van der Waals surface area contributed by atoms with Crippen LogP contribution in [0.3, 0.4) is 0 Å². The van der Waals surface area contributed by atoms with Gasteiger partial charge in [-0.2, -0.15) is 0 Å². The first-order valence-corrected chi connectivity index (χ1v) is 9.04. The van der Waals surface area contributed by atoms with Crippen LogP contribution in [0, 0.1) is 0 Å². The quantitative estimate of drug-likeness (QED) is 0.492. The molecule has 0 radical (unpaired) electrons. The zero-order chi connectivity index (χ0) is 22.0. The van der Waals surface area contributed by atoms with Gasteiger partial charge in [-0.1, -0.05) is 30.3 Å². The number of hydrogen-bond acceptors (Lipinski definition) is 7. The van der Waals surface area contributed by atoms with Crippen LogP contribution in [0.15, 0.2) is 30.3 Å². The second kappa shape index (κ2) is 11.0. The molecule has 0 aromatic heterocycles. The van der Waals surface area contributed by atoms with Gasteiger partial charge in [-0.05, 0) is 26.3 Å². The van der Waals surface area contributed by atoms with Gasteiger partial charge in [-0.15, -0.1) is 0 Å². The fourth-order valence-corrected chi connectivity index (χ4v) is 2.37. The molecule has 0 saturated heterocycles. The second-order valence-electron chi connectivity index (χ2n) is 7.25. The van der Waals surface area contributed by atoms with Gasteiger partial charge in [0.15, 0.2) is 0 Å². The van der Waals surface area contributed by atoms with Crippen LogP contribution in [0.2, 0.25) is 0 Å². The molecule has 0 aliphatic rings. The van der Waals surface area contributed by atoms with Crippen LogP contribution >= 0.6 is 0 Å². The van der Waals surface area contributed by atoms with Crippen molar-refractivity contribution in [1.29, 1.82) is 0 Å². The van der Waals surface area contributed by atoms with Crippen molar-refractivity contribution in [3.63, 3.8) is 0 Å². The summed E-state index contributed by atoms with van der Waals surface area (Å²) in [4.78, 5) is 48.5. The highest BCUT2D eigenvalue weighted by Gasteiger charge is 2.30. The van der Waals surface area contributed by atoms with Crippen molar-refractivity contribution in [1.82, 2.24) is 10.6 Å². The van der Waals surface area contributed by atoms with Gasteiger partial charge in [0, 0.05) is 6.42 Å². The summed E-state index contributed by atoms with van der Waals surface area (Å²) in [5, 5.41) is 4.95. The Morgan fingerprint density at radius 1 is 0.931 bits per heavy atom. The van der Waals surface area contributed by atoms with E-state index in [4.69, 9.17) is 4.74 Å². The number of rotatable bonds is 8. The van der Waals surface area contributed by atoms with E-state index in [0.717, 1.165) is 12.7 Å². The fourth-order valence-electron chi connectivity index (χ4n) is 2.37. The van der Waals surface area contributed by atoms with E-state index >= 15 is 0 Å². The fraction of sp³-hybridized carbons (Fsp3) is 0.500. The summed E-state index contributed by atoms with van der Waals surface area (Å²) in [7, 11) is 2.31. The molecule has 0 unspecified atom stereocenters. The lowest BCUT2D eigenvalue weighted by Gasteiger charge is -2.24. The van der Waals surface area contributed by atoms with Crippen molar-refractivity contribution in [2.75, 3.05) is 14.2 Å². The summed E-state index contributed by atoms with van der Waals surface area (Å²) < 4.78 is 14.4. The molecule has 9 nitrogen and oxygen atoms in total. The Balaban J connectivity index is 2.98. The number of alkyl carbamates (subject to hydrolysis) is 1. The monoisotopic (exact) mass is 408 g/mol. The van der Waals surface area contributed by atoms with Gasteiger partial charge in [0.1, 0.15) is 17.7 Å². The number of carbonyl (C=O) groups is 4. The third kappa shape index (κ3) is 9.09. The van der Waals surface area contributed by atoms with Gasteiger partial charge in [0.2, 0.25) is 5.91 Å². The van der Waals surface area contributed by atoms with Gasteiger partial charge < -0.3 is 24.8 Å². The molecular weight excluding hydrogens is 380 g/mol. The summed E-state index contributed by atoms with van der Waals surface area (Å²) in [5.41, 5.74) is 0.0309. The minimum Gasteiger partial charge on any atom is -0.469 e. The first-order chi connectivity index (χ1) is 13.6. The van der Waals surface area contributed by atoms with Gasteiger partial charge in [-0.25, -0.2) is 9.59 Å². The van der Waals surface area contributed by atoms with Crippen LogP contribution in [0.1, 0.15) is 32.8 Å². The molecule has 0 heterocycles. The van der Waals surface area contributed by atoms with Crippen molar-refractivity contribution >= 4 is 23.9 Å². The van der Waals surface area contributed by atoms with Crippen LogP contribution < -0.4 is 10.6 Å². The second-order valence-corrected chi connectivity index (χ2v) is 7.25. The van der Waals surface area contributed by atoms with E-state index < -0.39 is 48.0 Å². The number of methoxy groups -OCH3 is 2. The van der Waals surface area contributed by atoms with Gasteiger partial charge in [0.25, 0.3) is 0 Å². The van der Waals surface area contributed by atoms with E-state index in [1.54, 1.807) is 45.0 Å². The van der Waals surface area contributed by atoms with Gasteiger partial charge in [-0.3, -0.25) is 9.59 Å². The maximum atomic E-state index is 12.8. The molecule has 0 saturated carbocycles. The summed E-state index contributed by atoms with van der Waals surface area (Å²) in [6.07, 6.45) is -1.03. The summed E-state index contributed by atoms with van der Waals surface area (Å²) >= 11 is 0. The molecule has 1 rings (SSSR count). The number of benzene rings is 1. The highest BCUT2D eigenvalue weighted by molar-refractivity contribution is 5.91. The predicted octanol–water partition coefficient (Wildman–Crippen LogP) is 1.34. The first kappa shape index (κ1) is 23.9. The summed E-state index contributed by atoms with van der Waals surface area (Å²) in [6, 6.07) is 6.71. The lowest BCUT2D eigenvalue weighted by molar-refractivity contribution is -0.150. The van der Waals surface area contributed by atoms with Crippen molar-refractivity contribution in [2.24, 2.45) is 0 Å². The van der Waals surface area contributed by atoms with Crippen molar-refractivity contribution in [2.45, 2.75) is 51.3 Å². The van der Waals surface area contributed by atoms with E-state index in [0.29, 0.717) is 0 Å². The molecule has 2 amide bonds. The minimum absolute atomic E-state index is 0.151. The predicted molar refractivity (Wildman–Crippen MR) is 104 cm³/mol. The van der Waals surface area contributed by atoms with E-state index in [2.05, 4.69) is 20.1 Å². The summed E-state index contributed by atoms with van der Waals surface area (Å²) in [6.45, 7) is 5.09. The van der Waals surface area contributed by atoms with Crippen LogP contribution in [0.5, 0.6) is 0 Å². The highest BCUT2D eigenvalue weighted by Crippen LogP contribution is 2.09. The average Bonchev–Trinajstić information content (AvgIpc) is 2.65. The molecule has 0 aliphatic carbocycles. The normalized spacial score (nSPS) is 12.9. The summed E-state index contributed by atoms with van der Waals surface area (Å²) in [5.74, 6) is -2.17. The zero-order valence-corrected chi connectivity index (χ0v) is 17.3. The third-order valence-electron chi connectivity index (χ3n) is 3.69. The van der Waals surface area contributed by atoms with Crippen LogP contribution in [-0.4, -0.2) is 55.8 Å². The third-order valence-corrected chi connectivity index (χ3v) is 3.69. The highest BCUT2D eigenvalue weighted by atomic mass is 16.6. The van der Waals surface area contributed by atoms with Gasteiger partial charge >= 0.3 is 18.0 Å². The molecule has 2 atom stereocenters. The Labute approximate surface area is 170 Å². The molecule has 1 aromatic rings. The van der Waals surface area contributed by atoms with E-state index in [-0.39, 0.29) is 6.42 Å². The Bertz CT molecular complexity index is 713. The molecule has 0 bridgehead atoms. The van der Waals surface area contributed by atoms with E-state index in [1.165, 1.54) is 7.11 Å². The Morgan fingerprint density at radius 3 is 2.07 bits per heavy atom. The lowest BCUT2D eigenvalue weighted by atomic mass is 10.0. The number of nitrogens with one attached hydrogen (secondary N) is 2. The van der Waals surface area contributed by atoms with Crippen molar-refractivity contribution in [3.05, 3.63) is 35.9 Å². The average molecular weight is 408 g/mol. The van der Waals surface area contributed by atoms with Crippen LogP contribution in [-0.2, 0) is 35.0 Å². The smallest absolute Gasteiger partial charge is 0.408 e. The number of hydrogen-bond donors (Lipinski definition) is 2. The van der Waals surface area contributed by atoms with Gasteiger partial charge in [0.05, 0.1) is 20.6 Å². The van der Waals surface area contributed by atoms with E-state index in [1.807, 2.05) is 6.07 Å². The molecule has 0 fully saturated rings. The topological polar surface area (TPSA) is 120 Å². The van der Waals surface area contributed by atoms with Crippen molar-refractivity contribution < 1.29 is 33.4 Å². The van der Waals surface area contributed by atoms with E-state index in [9.17, 15) is 19.2 Å². The molecule has 160 valence electrons. The minimum atomic E-state index is -1.25. The zero-order valence-electron chi connectivity index (χ0n) is 17.3. The number of carbonyl (C=O) groups excluding carboxylic acids is 4. The van der Waals surface area contributed by atoms with Crippen LogP contribution in [0.4, 0.5) is 4.79 Å². The molecule has 1 aromatic carbocycles.